The molecule has 6 rings (SSSR count). The van der Waals surface area contributed by atoms with Crippen LogP contribution in [-0.2, 0) is 28.7 Å². The molecule has 1 N–H and O–H groups in total. The number of ether oxygens (including phenoxy) is 2. The summed E-state index contributed by atoms with van der Waals surface area (Å²) in [5.41, 5.74) is -0.234. The Bertz CT molecular complexity index is 1630. The van der Waals surface area contributed by atoms with Crippen LogP contribution in [0.4, 0.5) is 5.69 Å². The third-order valence-electron chi connectivity index (χ3n) is 10.9. The highest BCUT2D eigenvalue weighted by Crippen LogP contribution is 2.54. The quantitative estimate of drug-likeness (QED) is 0.345. The number of hydrogen-bond acceptors (Lipinski definition) is 7. The van der Waals surface area contributed by atoms with E-state index in [0.717, 1.165) is 0 Å². The second-order valence-electron chi connectivity index (χ2n) is 13.5. The fourth-order valence-electron chi connectivity index (χ4n) is 7.85. The Kier molecular flexibility index (Phi) is 10.0. The standard InChI is InChI=1S/C38H44ClN3O7/c1-5-23(2)28(22-43)42-34-36(46)41(27-18-16-26(39)17-19-27)21-11-20-38(34)32(35(42)45)31-29(49-38)14-9-10-15-30(44)40(4)24(3)33(48-37(31)47)25-12-7-6-8-13-25/h6-9,11-14,16-20,23-24,28-29,31-34,43H,5,10,15,21-22H2,1-4H3/b14-9-/t23-,24-,28-,29-,31+,32+,33+,34-,38+/m0/s1. The normalized spacial score (nSPS) is 32.3. The zero-order valence-corrected chi connectivity index (χ0v) is 29.0. The van der Waals surface area contributed by atoms with Crippen molar-refractivity contribution >= 4 is 41.0 Å². The number of anilines is 1. The molecule has 2 saturated heterocycles. The van der Waals surface area contributed by atoms with Gasteiger partial charge in [0.1, 0.15) is 23.7 Å². The van der Waals surface area contributed by atoms with E-state index >= 15 is 0 Å². The van der Waals surface area contributed by atoms with E-state index in [0.29, 0.717) is 29.1 Å². The van der Waals surface area contributed by atoms with Crippen LogP contribution in [0.3, 0.4) is 0 Å². The topological polar surface area (TPSA) is 117 Å². The van der Waals surface area contributed by atoms with Crippen LogP contribution in [-0.4, -0.2) is 88.6 Å². The fourth-order valence-corrected chi connectivity index (χ4v) is 7.98. The van der Waals surface area contributed by atoms with Gasteiger partial charge in [0.2, 0.25) is 11.8 Å². The van der Waals surface area contributed by atoms with Crippen LogP contribution in [0.2, 0.25) is 5.02 Å². The lowest BCUT2D eigenvalue weighted by atomic mass is 9.77. The number of carbonyl (C=O) groups excluding carboxylic acids is 4. The van der Waals surface area contributed by atoms with E-state index in [-0.39, 0.29) is 37.3 Å². The van der Waals surface area contributed by atoms with Gasteiger partial charge in [-0.25, -0.2) is 0 Å². The fraction of sp³-hybridized carbons (Fsp3) is 0.474. The summed E-state index contributed by atoms with van der Waals surface area (Å²) in [6.45, 7) is 5.56. The monoisotopic (exact) mass is 689 g/mol. The molecule has 0 unspecified atom stereocenters. The Labute approximate surface area is 292 Å². The molecule has 1 spiro atoms. The molecule has 3 amide bonds. The van der Waals surface area contributed by atoms with Gasteiger partial charge in [-0.3, -0.25) is 19.2 Å². The first-order valence-electron chi connectivity index (χ1n) is 17.1. The largest absolute Gasteiger partial charge is 0.455 e. The van der Waals surface area contributed by atoms with Crippen molar-refractivity contribution in [1.82, 2.24) is 9.80 Å². The predicted molar refractivity (Wildman–Crippen MR) is 184 cm³/mol. The van der Waals surface area contributed by atoms with Gasteiger partial charge in [0.05, 0.1) is 30.7 Å². The number of benzene rings is 2. The van der Waals surface area contributed by atoms with E-state index in [9.17, 15) is 24.3 Å². The summed E-state index contributed by atoms with van der Waals surface area (Å²) in [7, 11) is 1.70. The number of hydrogen-bond donors (Lipinski definition) is 1. The van der Waals surface area contributed by atoms with Gasteiger partial charge in [-0.1, -0.05) is 86.5 Å². The van der Waals surface area contributed by atoms with Gasteiger partial charge in [-0.2, -0.15) is 0 Å². The smallest absolute Gasteiger partial charge is 0.313 e. The number of rotatable bonds is 6. The number of aliphatic hydroxyl groups excluding tert-OH is 1. The molecule has 0 bridgehead atoms. The number of fused-ring (bicyclic) bond motifs is 2. The van der Waals surface area contributed by atoms with E-state index in [1.807, 2.05) is 51.1 Å². The summed E-state index contributed by atoms with van der Waals surface area (Å²) < 4.78 is 13.2. The van der Waals surface area contributed by atoms with E-state index in [1.165, 1.54) is 4.90 Å². The number of cyclic esters (lactones) is 1. The highest BCUT2D eigenvalue weighted by atomic mass is 35.5. The molecule has 260 valence electrons. The molecular formula is C38H44ClN3O7. The average Bonchev–Trinajstić information content (AvgIpc) is 3.49. The SMILES string of the molecule is CC[C@H](C)[C@H](CO)N1C(=O)[C@H]2[C@@H]3C(=O)O[C@@H](c4ccccc4)[C@H](C)N(C)C(=O)CC/C=C\[C@@H]3O[C@]23C=CCN(c2ccc(Cl)cc2)C(=O)[C@H]13. The maximum Gasteiger partial charge on any atom is 0.313 e. The van der Waals surface area contributed by atoms with Gasteiger partial charge in [-0.05, 0) is 49.1 Å². The molecule has 9 atom stereocenters. The molecule has 0 aromatic heterocycles. The van der Waals surface area contributed by atoms with Crippen LogP contribution in [0.5, 0.6) is 0 Å². The van der Waals surface area contributed by atoms with Crippen molar-refractivity contribution in [3.63, 3.8) is 0 Å². The van der Waals surface area contributed by atoms with Crippen molar-refractivity contribution < 1.29 is 33.8 Å². The zero-order chi connectivity index (χ0) is 35.0. The summed E-state index contributed by atoms with van der Waals surface area (Å²) in [6, 6.07) is 13.7. The number of aliphatic hydroxyl groups is 1. The maximum atomic E-state index is 14.9. The van der Waals surface area contributed by atoms with Crippen LogP contribution in [0, 0.1) is 17.8 Å². The highest BCUT2D eigenvalue weighted by molar-refractivity contribution is 6.30. The number of halogens is 1. The number of likely N-dealkylation sites (N-methyl/N-ethyl adjacent to an activating group) is 1. The van der Waals surface area contributed by atoms with Crippen molar-refractivity contribution in [2.75, 3.05) is 25.1 Å². The molecule has 0 saturated carbocycles. The van der Waals surface area contributed by atoms with Gasteiger partial charge < -0.3 is 29.3 Å². The molecule has 2 fully saturated rings. The third-order valence-corrected chi connectivity index (χ3v) is 11.1. The molecular weight excluding hydrogens is 646 g/mol. The first-order valence-corrected chi connectivity index (χ1v) is 17.4. The van der Waals surface area contributed by atoms with Crippen molar-refractivity contribution in [1.29, 1.82) is 0 Å². The van der Waals surface area contributed by atoms with E-state index in [1.54, 1.807) is 65.4 Å². The number of nitrogens with zero attached hydrogens (tertiary/aromatic N) is 3. The second kappa shape index (κ2) is 14.1. The van der Waals surface area contributed by atoms with Gasteiger partial charge >= 0.3 is 5.97 Å². The lowest BCUT2D eigenvalue weighted by molar-refractivity contribution is -0.164. The van der Waals surface area contributed by atoms with Crippen molar-refractivity contribution in [3.8, 4) is 0 Å². The number of allylic oxidation sites excluding steroid dienone is 1. The number of likely N-dealkylation sites (tertiary alicyclic amines) is 1. The first kappa shape index (κ1) is 34.9. The van der Waals surface area contributed by atoms with Crippen LogP contribution in [0.15, 0.2) is 78.9 Å². The maximum absolute atomic E-state index is 14.9. The van der Waals surface area contributed by atoms with Crippen LogP contribution in [0.1, 0.15) is 51.7 Å². The Balaban J connectivity index is 1.48. The summed E-state index contributed by atoms with van der Waals surface area (Å²) in [4.78, 5) is 62.2. The lowest BCUT2D eigenvalue weighted by Crippen LogP contribution is -2.59. The van der Waals surface area contributed by atoms with Crippen molar-refractivity contribution in [2.45, 2.75) is 76.0 Å². The lowest BCUT2D eigenvalue weighted by Gasteiger charge is -2.40. The molecule has 0 aliphatic carbocycles. The van der Waals surface area contributed by atoms with Crippen LogP contribution >= 0.6 is 11.6 Å². The highest BCUT2D eigenvalue weighted by Gasteiger charge is 2.73. The Morgan fingerprint density at radius 3 is 2.41 bits per heavy atom. The summed E-state index contributed by atoms with van der Waals surface area (Å²) in [5.74, 6) is -3.97. The zero-order valence-electron chi connectivity index (χ0n) is 28.3. The van der Waals surface area contributed by atoms with Gasteiger partial charge in [0, 0.05) is 30.7 Å². The molecule has 4 aliphatic heterocycles. The second-order valence-corrected chi connectivity index (χ2v) is 14.0. The van der Waals surface area contributed by atoms with Gasteiger partial charge in [0.15, 0.2) is 0 Å². The van der Waals surface area contributed by atoms with E-state index in [2.05, 4.69) is 0 Å². The molecule has 10 nitrogen and oxygen atoms in total. The minimum absolute atomic E-state index is 0.0976. The average molecular weight is 690 g/mol. The first-order chi connectivity index (χ1) is 23.5. The minimum atomic E-state index is -1.53. The third kappa shape index (κ3) is 6.08. The van der Waals surface area contributed by atoms with E-state index < -0.39 is 59.6 Å². The van der Waals surface area contributed by atoms with E-state index in [4.69, 9.17) is 21.1 Å². The Hall–Kier alpha value is -3.99. The molecule has 49 heavy (non-hydrogen) atoms. The van der Waals surface area contributed by atoms with Crippen LogP contribution in [0.25, 0.3) is 0 Å². The molecule has 4 aliphatic rings. The molecule has 2 aromatic carbocycles. The molecule has 11 heteroatoms. The van der Waals surface area contributed by atoms with Crippen molar-refractivity contribution in [2.24, 2.45) is 17.8 Å². The number of amides is 3. The van der Waals surface area contributed by atoms with Gasteiger partial charge in [0.25, 0.3) is 5.91 Å². The minimum Gasteiger partial charge on any atom is -0.455 e. The molecule has 0 radical (unpaired) electrons. The number of carbonyl (C=O) groups is 4. The summed E-state index contributed by atoms with van der Waals surface area (Å²) in [5, 5.41) is 11.2. The number of esters is 1. The Morgan fingerprint density at radius 1 is 1.02 bits per heavy atom. The van der Waals surface area contributed by atoms with Gasteiger partial charge in [-0.15, -0.1) is 0 Å². The Morgan fingerprint density at radius 2 is 1.73 bits per heavy atom. The molecule has 4 heterocycles. The van der Waals surface area contributed by atoms with Crippen LogP contribution < -0.4 is 4.90 Å². The predicted octanol–water partition coefficient (Wildman–Crippen LogP) is 4.71. The summed E-state index contributed by atoms with van der Waals surface area (Å²) >= 11 is 6.17. The van der Waals surface area contributed by atoms with Crippen molar-refractivity contribution in [3.05, 3.63) is 89.5 Å². The molecule has 2 aromatic rings. The summed E-state index contributed by atoms with van der Waals surface area (Å²) in [6.07, 6.45) is 6.62.